The monoisotopic (exact) mass is 666 g/mol. The van der Waals surface area contributed by atoms with Gasteiger partial charge in [0.05, 0.1) is 5.69 Å². The lowest BCUT2D eigenvalue weighted by Crippen LogP contribution is -2.57. The maximum absolute atomic E-state index is 14.4. The molecule has 0 radical (unpaired) electrons. The van der Waals surface area contributed by atoms with Gasteiger partial charge in [0, 0.05) is 25.0 Å². The molecule has 4 rings (SSSR count). The lowest BCUT2D eigenvalue weighted by Gasteiger charge is -2.26. The molecule has 0 aliphatic heterocycles. The van der Waals surface area contributed by atoms with Gasteiger partial charge in [-0.05, 0) is 47.2 Å². The molecule has 3 atom stereocenters. The highest BCUT2D eigenvalue weighted by Crippen LogP contribution is 2.16. The van der Waals surface area contributed by atoms with Crippen LogP contribution in [0.1, 0.15) is 37.0 Å². The Kier molecular flexibility index (Phi) is 13.3. The molecular weight excluding hydrogens is 626 g/mol. The van der Waals surface area contributed by atoms with Crippen LogP contribution in [0.15, 0.2) is 115 Å². The zero-order chi connectivity index (χ0) is 35.2. The molecule has 0 spiro atoms. The Morgan fingerprint density at radius 1 is 0.633 bits per heavy atom. The summed E-state index contributed by atoms with van der Waals surface area (Å²) in [5, 5.41) is 10.7. The minimum Gasteiger partial charge on any atom is -0.342 e. The van der Waals surface area contributed by atoms with E-state index >= 15 is 0 Å². The predicted octanol–water partition coefficient (Wildman–Crippen LogP) is 5.60. The van der Waals surface area contributed by atoms with E-state index < -0.39 is 53.4 Å². The Balaban J connectivity index is 1.56. The topological polar surface area (TPSA) is 116 Å². The molecule has 0 bridgehead atoms. The fraction of sp³-hybridized carbons (Fsp3) is 0.231. The van der Waals surface area contributed by atoms with Crippen LogP contribution in [0.25, 0.3) is 6.08 Å². The van der Waals surface area contributed by atoms with Crippen LogP contribution in [-0.2, 0) is 32.0 Å². The molecule has 0 aliphatic carbocycles. The van der Waals surface area contributed by atoms with Crippen LogP contribution < -0.4 is 21.3 Å². The fourth-order valence-corrected chi connectivity index (χ4v) is 5.13. The molecule has 254 valence electrons. The summed E-state index contributed by atoms with van der Waals surface area (Å²) in [6.45, 7) is 3.83. The Labute approximate surface area is 285 Å². The van der Waals surface area contributed by atoms with Gasteiger partial charge in [-0.3, -0.25) is 19.2 Å². The number of nitrogens with one attached hydrogen (secondary N) is 4. The summed E-state index contributed by atoms with van der Waals surface area (Å²) in [5.41, 5.74) is 2.03. The number of anilines is 1. The minimum absolute atomic E-state index is 0.0290. The molecule has 8 nitrogen and oxygen atoms in total. The molecule has 0 heterocycles. The number of halogens is 2. The molecule has 4 aromatic rings. The van der Waals surface area contributed by atoms with Crippen molar-refractivity contribution in [3.05, 3.63) is 144 Å². The van der Waals surface area contributed by atoms with Gasteiger partial charge in [0.1, 0.15) is 29.8 Å². The van der Waals surface area contributed by atoms with Crippen LogP contribution >= 0.6 is 0 Å². The Hall–Kier alpha value is -5.64. The van der Waals surface area contributed by atoms with Crippen LogP contribution in [-0.4, -0.2) is 41.8 Å². The van der Waals surface area contributed by atoms with E-state index in [1.807, 2.05) is 50.2 Å². The van der Waals surface area contributed by atoms with Crippen molar-refractivity contribution in [2.75, 3.05) is 5.32 Å². The first-order chi connectivity index (χ1) is 23.6. The second-order valence-electron chi connectivity index (χ2n) is 12.0. The Morgan fingerprint density at radius 3 is 1.67 bits per heavy atom. The largest absolute Gasteiger partial charge is 0.342 e. The van der Waals surface area contributed by atoms with Crippen molar-refractivity contribution in [2.45, 2.75) is 51.2 Å². The number of carbonyl (C=O) groups is 4. The Morgan fingerprint density at radius 2 is 1.14 bits per heavy atom. The van der Waals surface area contributed by atoms with Crippen molar-refractivity contribution in [3.63, 3.8) is 0 Å². The summed E-state index contributed by atoms with van der Waals surface area (Å²) in [6.07, 6.45) is 3.43. The summed E-state index contributed by atoms with van der Waals surface area (Å²) >= 11 is 0. The van der Waals surface area contributed by atoms with E-state index in [0.29, 0.717) is 12.5 Å². The van der Waals surface area contributed by atoms with Gasteiger partial charge >= 0.3 is 0 Å². The van der Waals surface area contributed by atoms with Gasteiger partial charge in [-0.25, -0.2) is 8.78 Å². The van der Waals surface area contributed by atoms with Crippen molar-refractivity contribution >= 4 is 35.4 Å². The third kappa shape index (κ3) is 11.8. The second kappa shape index (κ2) is 18.1. The summed E-state index contributed by atoms with van der Waals surface area (Å²) in [4.78, 5) is 54.0. The average Bonchev–Trinajstić information content (AvgIpc) is 3.08. The predicted molar refractivity (Wildman–Crippen MR) is 186 cm³/mol. The molecule has 4 aromatic carbocycles. The van der Waals surface area contributed by atoms with Crippen LogP contribution in [0.2, 0.25) is 0 Å². The Bertz CT molecular complexity index is 1730. The molecule has 0 saturated heterocycles. The molecule has 10 heteroatoms. The van der Waals surface area contributed by atoms with Gasteiger partial charge in [-0.15, -0.1) is 0 Å². The van der Waals surface area contributed by atoms with Gasteiger partial charge in [-0.2, -0.15) is 0 Å². The lowest BCUT2D eigenvalue weighted by atomic mass is 10.00. The lowest BCUT2D eigenvalue weighted by molar-refractivity contribution is -0.132. The zero-order valence-electron chi connectivity index (χ0n) is 27.4. The third-order valence-electron chi connectivity index (χ3n) is 7.59. The molecule has 0 unspecified atom stereocenters. The summed E-state index contributed by atoms with van der Waals surface area (Å²) in [5.74, 6) is -4.17. The maximum atomic E-state index is 14.4. The standard InChI is InChI=1S/C39H40F2N4O4/c1-26(2)22-33(42-36(46)21-18-27-12-6-3-7-13-27)37(47)44-35(24-29-16-10-5-11-17-29)39(49)45-34(23-28-14-8-4-9-15-28)38(48)43-32-20-19-30(40)25-31(32)41/h3-21,25-26,33-35H,22-24H2,1-2H3,(H,42,46)(H,43,48)(H,44,47)(H,45,49)/b21-18+/t33-,34-,35-/m0/s1. The molecule has 0 saturated carbocycles. The maximum Gasteiger partial charge on any atom is 0.247 e. The average molecular weight is 667 g/mol. The van der Waals surface area contributed by atoms with Gasteiger partial charge in [0.25, 0.3) is 0 Å². The van der Waals surface area contributed by atoms with E-state index in [-0.39, 0.29) is 24.4 Å². The number of benzene rings is 4. The van der Waals surface area contributed by atoms with Gasteiger partial charge in [-0.1, -0.05) is 105 Å². The highest BCUT2D eigenvalue weighted by molar-refractivity contribution is 6.00. The van der Waals surface area contributed by atoms with Gasteiger partial charge < -0.3 is 21.3 Å². The third-order valence-corrected chi connectivity index (χ3v) is 7.59. The van der Waals surface area contributed by atoms with E-state index in [0.717, 1.165) is 28.8 Å². The summed E-state index contributed by atoms with van der Waals surface area (Å²) < 4.78 is 28.0. The number of hydrogen-bond acceptors (Lipinski definition) is 4. The number of rotatable bonds is 15. The first-order valence-corrected chi connectivity index (χ1v) is 16.1. The highest BCUT2D eigenvalue weighted by Gasteiger charge is 2.30. The van der Waals surface area contributed by atoms with E-state index in [2.05, 4.69) is 21.3 Å². The quantitative estimate of drug-likeness (QED) is 0.124. The molecular formula is C39H40F2N4O4. The smallest absolute Gasteiger partial charge is 0.247 e. The van der Waals surface area contributed by atoms with Crippen molar-refractivity contribution in [2.24, 2.45) is 5.92 Å². The molecule has 4 amide bonds. The summed E-state index contributed by atoms with van der Waals surface area (Å²) in [7, 11) is 0. The number of hydrogen-bond donors (Lipinski definition) is 4. The van der Waals surface area contributed by atoms with Crippen LogP contribution in [0.5, 0.6) is 0 Å². The SMILES string of the molecule is CC(C)C[C@H](NC(=O)/C=C/c1ccccc1)C(=O)N[C@@H](Cc1ccccc1)C(=O)N[C@@H](Cc1ccccc1)C(=O)Nc1ccc(F)cc1F. The van der Waals surface area contributed by atoms with Crippen LogP contribution in [0.3, 0.4) is 0 Å². The van der Waals surface area contributed by atoms with Crippen LogP contribution in [0.4, 0.5) is 14.5 Å². The van der Waals surface area contributed by atoms with Crippen molar-refractivity contribution in [1.82, 2.24) is 16.0 Å². The summed E-state index contributed by atoms with van der Waals surface area (Å²) in [6, 6.07) is 26.7. The van der Waals surface area contributed by atoms with E-state index in [4.69, 9.17) is 0 Å². The van der Waals surface area contributed by atoms with Crippen molar-refractivity contribution in [1.29, 1.82) is 0 Å². The molecule has 0 fully saturated rings. The van der Waals surface area contributed by atoms with Crippen molar-refractivity contribution < 1.29 is 28.0 Å². The number of carbonyl (C=O) groups excluding carboxylic acids is 4. The highest BCUT2D eigenvalue weighted by atomic mass is 19.1. The first kappa shape index (κ1) is 36.2. The van der Waals surface area contributed by atoms with Crippen LogP contribution in [0, 0.1) is 17.6 Å². The van der Waals surface area contributed by atoms with Gasteiger partial charge in [0.2, 0.25) is 23.6 Å². The fourth-order valence-electron chi connectivity index (χ4n) is 5.13. The zero-order valence-corrected chi connectivity index (χ0v) is 27.4. The van der Waals surface area contributed by atoms with E-state index in [1.165, 1.54) is 6.08 Å². The second-order valence-corrected chi connectivity index (χ2v) is 12.0. The van der Waals surface area contributed by atoms with E-state index in [1.54, 1.807) is 60.7 Å². The molecule has 0 aromatic heterocycles. The van der Waals surface area contributed by atoms with E-state index in [9.17, 15) is 28.0 Å². The molecule has 0 aliphatic rings. The normalized spacial score (nSPS) is 12.9. The first-order valence-electron chi connectivity index (χ1n) is 16.1. The van der Waals surface area contributed by atoms with Gasteiger partial charge in [0.15, 0.2) is 0 Å². The van der Waals surface area contributed by atoms with Crippen molar-refractivity contribution in [3.8, 4) is 0 Å². The number of amides is 4. The molecule has 4 N–H and O–H groups in total. The minimum atomic E-state index is -1.19. The molecule has 49 heavy (non-hydrogen) atoms.